The van der Waals surface area contributed by atoms with Crippen LogP contribution in [0.3, 0.4) is 0 Å². The van der Waals surface area contributed by atoms with E-state index in [2.05, 4.69) is 90.2 Å². The third kappa shape index (κ3) is 3.70. The standard InChI is InChI=1S/2C11H8N3.2ClH.Ti/c2*1-2-4-10-6-11(5-9(10)3-1)14-7-12-13-8-14;;;/h2*1-8H;2*1H;/q;;;;+2/p-2. The third-order valence-corrected chi connectivity index (χ3v) is 8.52. The van der Waals surface area contributed by atoms with Gasteiger partial charge >= 0.3 is 177 Å². The average molecular weight is 483 g/mol. The molecule has 0 amide bonds. The molecule has 0 spiro atoms. The molecule has 9 heteroatoms. The van der Waals surface area contributed by atoms with Gasteiger partial charge in [-0.1, -0.05) is 0 Å². The van der Waals surface area contributed by atoms with Crippen LogP contribution in [0.25, 0.3) is 23.5 Å². The molecule has 0 aliphatic heterocycles. The van der Waals surface area contributed by atoms with E-state index in [1.165, 1.54) is 33.6 Å². The van der Waals surface area contributed by atoms with E-state index in [1.54, 1.807) is 25.3 Å². The molecule has 2 unspecified atom stereocenters. The molecule has 2 atom stereocenters. The summed E-state index contributed by atoms with van der Waals surface area (Å²) in [7, 11) is 0. The molecule has 0 N–H and O–H groups in total. The summed E-state index contributed by atoms with van der Waals surface area (Å²) in [5.74, 6) is 0. The van der Waals surface area contributed by atoms with Gasteiger partial charge in [-0.3, -0.25) is 0 Å². The van der Waals surface area contributed by atoms with Gasteiger partial charge in [0.25, 0.3) is 0 Å². The van der Waals surface area contributed by atoms with Crippen LogP contribution in [0.2, 0.25) is 0 Å². The van der Waals surface area contributed by atoms with Crippen molar-refractivity contribution in [3.05, 3.63) is 96.1 Å². The number of aromatic nitrogens is 6. The molecule has 0 saturated carbocycles. The maximum absolute atomic E-state index is 4.04. The number of rotatable bonds is 4. The Bertz CT molecular complexity index is 1150. The Hall–Kier alpha value is -2.51. The fourth-order valence-electron chi connectivity index (χ4n) is 4.25. The van der Waals surface area contributed by atoms with Crippen LogP contribution in [-0.2, 0) is 19.2 Å². The van der Waals surface area contributed by atoms with Crippen molar-refractivity contribution in [2.24, 2.45) is 0 Å². The van der Waals surface area contributed by atoms with Gasteiger partial charge in [-0.2, -0.15) is 0 Å². The van der Waals surface area contributed by atoms with E-state index < -0.39 is 19.2 Å². The normalized spacial score (nSPS) is 18.1. The van der Waals surface area contributed by atoms with Crippen LogP contribution < -0.4 is 24.8 Å². The third-order valence-electron chi connectivity index (χ3n) is 5.58. The van der Waals surface area contributed by atoms with Gasteiger partial charge < -0.3 is 24.8 Å². The van der Waals surface area contributed by atoms with Gasteiger partial charge in [-0.05, 0) is 0 Å². The van der Waals surface area contributed by atoms with Crippen LogP contribution in [-0.4, -0.2) is 29.5 Å². The molecule has 6 nitrogen and oxygen atoms in total. The van der Waals surface area contributed by atoms with Gasteiger partial charge in [0.1, 0.15) is 0 Å². The average Bonchev–Trinajstić information content (AvgIpc) is 3.55. The first kappa shape index (κ1) is 21.7. The van der Waals surface area contributed by atoms with Crippen molar-refractivity contribution in [1.29, 1.82) is 0 Å². The van der Waals surface area contributed by atoms with Crippen molar-refractivity contribution in [3.63, 3.8) is 0 Å². The summed E-state index contributed by atoms with van der Waals surface area (Å²) in [6.07, 6.45) is 11.8. The second-order valence-corrected chi connectivity index (χ2v) is 9.49. The van der Waals surface area contributed by atoms with E-state index in [-0.39, 0.29) is 24.8 Å². The molecule has 2 aromatic carbocycles. The molecule has 2 aliphatic rings. The fraction of sp³-hybridized carbons (Fsp3) is 0.0909. The summed E-state index contributed by atoms with van der Waals surface area (Å²) >= 11 is -0.519. The summed E-state index contributed by atoms with van der Waals surface area (Å²) in [6, 6.07) is 17.4. The molecule has 0 saturated heterocycles. The molecule has 2 heterocycles. The van der Waals surface area contributed by atoms with Crippen LogP contribution in [0.5, 0.6) is 0 Å². The smallest absolute Gasteiger partial charge is 1.00 e. The van der Waals surface area contributed by atoms with Crippen LogP contribution >= 0.6 is 0 Å². The Morgan fingerprint density at radius 1 is 0.581 bits per heavy atom. The van der Waals surface area contributed by atoms with Crippen LogP contribution in [0.15, 0.2) is 73.8 Å². The second kappa shape index (κ2) is 8.93. The summed E-state index contributed by atoms with van der Waals surface area (Å²) in [6.45, 7) is 0. The van der Waals surface area contributed by atoms with Crippen molar-refractivity contribution < 1.29 is 44.0 Å². The number of benzene rings is 2. The topological polar surface area (TPSA) is 61.4 Å². The quantitative estimate of drug-likeness (QED) is 0.309. The van der Waals surface area contributed by atoms with Gasteiger partial charge in [0.05, 0.1) is 0 Å². The number of hydrogen-bond acceptors (Lipinski definition) is 4. The molecule has 0 radical (unpaired) electrons. The first-order chi connectivity index (χ1) is 14.4. The van der Waals surface area contributed by atoms with Gasteiger partial charge in [-0.25, -0.2) is 0 Å². The molecule has 2 aliphatic carbocycles. The fourth-order valence-corrected chi connectivity index (χ4v) is 7.41. The molecule has 2 aromatic heterocycles. The molecule has 31 heavy (non-hydrogen) atoms. The molecular formula is C22H16Cl2N6Ti. The number of halogens is 2. The molecular weight excluding hydrogens is 467 g/mol. The predicted molar refractivity (Wildman–Crippen MR) is 107 cm³/mol. The zero-order chi connectivity index (χ0) is 19.2. The SMILES string of the molecule is C1=C(n2cnnc2)[CH]([Ti+2][CH]2C(n3cnnc3)=Cc3ccccc32)c2ccccc21.[Cl-].[Cl-]. The summed E-state index contributed by atoms with van der Waals surface area (Å²) in [4.78, 5) is 0. The largest absolute Gasteiger partial charge is 1.00 e. The summed E-state index contributed by atoms with van der Waals surface area (Å²) in [5, 5.41) is 16.2. The van der Waals surface area contributed by atoms with E-state index in [9.17, 15) is 0 Å². The number of nitrogens with zero attached hydrogens (tertiary/aromatic N) is 6. The van der Waals surface area contributed by atoms with Crippen LogP contribution in [0.1, 0.15) is 30.7 Å². The van der Waals surface area contributed by atoms with Crippen molar-refractivity contribution in [2.75, 3.05) is 0 Å². The van der Waals surface area contributed by atoms with E-state index in [4.69, 9.17) is 0 Å². The van der Waals surface area contributed by atoms with Crippen molar-refractivity contribution in [1.82, 2.24) is 29.5 Å². The molecule has 6 rings (SSSR count). The Morgan fingerprint density at radius 3 is 1.39 bits per heavy atom. The first-order valence-electron chi connectivity index (χ1n) is 9.45. The molecule has 4 aromatic rings. The maximum atomic E-state index is 4.04. The Labute approximate surface area is 200 Å². The van der Waals surface area contributed by atoms with E-state index in [0.29, 0.717) is 8.45 Å². The monoisotopic (exact) mass is 482 g/mol. The van der Waals surface area contributed by atoms with E-state index in [1.807, 2.05) is 0 Å². The molecule has 0 bridgehead atoms. The van der Waals surface area contributed by atoms with E-state index in [0.717, 1.165) is 0 Å². The van der Waals surface area contributed by atoms with Gasteiger partial charge in [-0.15, -0.1) is 0 Å². The van der Waals surface area contributed by atoms with Crippen molar-refractivity contribution in [3.8, 4) is 0 Å². The van der Waals surface area contributed by atoms with Crippen LogP contribution in [0.4, 0.5) is 0 Å². The molecule has 152 valence electrons. The van der Waals surface area contributed by atoms with E-state index >= 15 is 0 Å². The number of hydrogen-bond donors (Lipinski definition) is 0. The summed E-state index contributed by atoms with van der Waals surface area (Å²) in [5.41, 5.74) is 7.94. The summed E-state index contributed by atoms with van der Waals surface area (Å²) < 4.78 is 4.88. The zero-order valence-corrected chi connectivity index (χ0v) is 19.3. The van der Waals surface area contributed by atoms with Gasteiger partial charge in [0.15, 0.2) is 0 Å². The second-order valence-electron chi connectivity index (χ2n) is 7.17. The van der Waals surface area contributed by atoms with Crippen LogP contribution in [0, 0.1) is 0 Å². The maximum Gasteiger partial charge on any atom is -1.00 e. The Morgan fingerprint density at radius 2 is 0.968 bits per heavy atom. The van der Waals surface area contributed by atoms with Crippen molar-refractivity contribution >= 4 is 23.5 Å². The number of fused-ring (bicyclic) bond motifs is 2. The Kier molecular flexibility index (Phi) is 6.25. The zero-order valence-electron chi connectivity index (χ0n) is 16.2. The minimum Gasteiger partial charge on any atom is -1.00 e. The first-order valence-corrected chi connectivity index (χ1v) is 11.3. The van der Waals surface area contributed by atoms with Gasteiger partial charge in [0, 0.05) is 0 Å². The van der Waals surface area contributed by atoms with Crippen molar-refractivity contribution in [2.45, 2.75) is 8.45 Å². The van der Waals surface area contributed by atoms with Gasteiger partial charge in [0.2, 0.25) is 0 Å². The number of allylic oxidation sites excluding steroid dienone is 2. The molecule has 0 fully saturated rings. The Balaban J connectivity index is 0.00000116. The minimum atomic E-state index is -0.519. The minimum absolute atomic E-state index is 0. The predicted octanol–water partition coefficient (Wildman–Crippen LogP) is -2.23.